The molecule has 2 aromatic rings. The van der Waals surface area contributed by atoms with E-state index >= 15 is 0 Å². The Bertz CT molecular complexity index is 585. The number of aryl methyl sites for hydroxylation is 1. The van der Waals surface area contributed by atoms with Gasteiger partial charge in [-0.05, 0) is 35.6 Å². The summed E-state index contributed by atoms with van der Waals surface area (Å²) in [5.74, 6) is 0. The van der Waals surface area contributed by atoms with Gasteiger partial charge in [-0.1, -0.05) is 48.3 Å². The van der Waals surface area contributed by atoms with Gasteiger partial charge in [0.15, 0.2) is 0 Å². The average Bonchev–Trinajstić information content (AvgIpc) is 2.22. The van der Waals surface area contributed by atoms with Crippen molar-refractivity contribution >= 4 is 38.4 Å². The first-order chi connectivity index (χ1) is 7.80. The molecule has 0 N–H and O–H groups in total. The fraction of sp³-hybridized carbons (Fsp3) is 0.357. The molecule has 0 aliphatic heterocycles. The van der Waals surface area contributed by atoms with Crippen LogP contribution in [0.4, 0.5) is 0 Å². The molecule has 0 aliphatic rings. The Balaban J connectivity index is 2.92. The largest absolute Gasteiger partial charge is 0.256 e. The minimum atomic E-state index is 0.0492. The lowest BCUT2D eigenvalue weighted by atomic mass is 9.85. The Kier molecular flexibility index (Phi) is 3.21. The highest BCUT2D eigenvalue weighted by molar-refractivity contribution is 9.10. The Morgan fingerprint density at radius 1 is 1.24 bits per heavy atom. The van der Waals surface area contributed by atoms with Gasteiger partial charge in [-0.15, -0.1) is 0 Å². The summed E-state index contributed by atoms with van der Waals surface area (Å²) in [6.07, 6.45) is 1.84. The van der Waals surface area contributed by atoms with Crippen molar-refractivity contribution in [2.24, 2.45) is 0 Å². The van der Waals surface area contributed by atoms with Crippen molar-refractivity contribution in [2.45, 2.75) is 33.1 Å². The number of halogens is 2. The van der Waals surface area contributed by atoms with Gasteiger partial charge in [0.2, 0.25) is 0 Å². The maximum absolute atomic E-state index is 6.36. The maximum atomic E-state index is 6.36. The molecule has 1 aromatic heterocycles. The van der Waals surface area contributed by atoms with Gasteiger partial charge in [0.05, 0.1) is 10.5 Å². The van der Waals surface area contributed by atoms with E-state index in [1.165, 1.54) is 5.56 Å². The molecule has 0 fully saturated rings. The summed E-state index contributed by atoms with van der Waals surface area (Å²) >= 11 is 9.91. The van der Waals surface area contributed by atoms with Crippen molar-refractivity contribution in [1.29, 1.82) is 0 Å². The lowest BCUT2D eigenvalue weighted by molar-refractivity contribution is 0.594. The first-order valence-electron chi connectivity index (χ1n) is 5.55. The number of hydrogen-bond donors (Lipinski definition) is 0. The number of pyridine rings is 1. The highest BCUT2D eigenvalue weighted by Gasteiger charge is 2.19. The Morgan fingerprint density at radius 2 is 1.88 bits per heavy atom. The van der Waals surface area contributed by atoms with Crippen LogP contribution in [0.1, 0.15) is 31.9 Å². The first-order valence-corrected chi connectivity index (χ1v) is 6.72. The molecule has 90 valence electrons. The maximum Gasteiger partial charge on any atom is 0.0755 e. The third kappa shape index (κ3) is 2.34. The van der Waals surface area contributed by atoms with Gasteiger partial charge in [0.25, 0.3) is 0 Å². The predicted molar refractivity (Wildman–Crippen MR) is 77.9 cm³/mol. The molecule has 1 aromatic carbocycles. The summed E-state index contributed by atoms with van der Waals surface area (Å²) in [5, 5.41) is 1.81. The minimum absolute atomic E-state index is 0.0492. The van der Waals surface area contributed by atoms with Crippen LogP contribution in [-0.4, -0.2) is 4.98 Å². The van der Waals surface area contributed by atoms with Crippen LogP contribution in [-0.2, 0) is 5.41 Å². The van der Waals surface area contributed by atoms with Gasteiger partial charge >= 0.3 is 0 Å². The molecule has 17 heavy (non-hydrogen) atoms. The second-order valence-corrected chi connectivity index (χ2v) is 6.65. The van der Waals surface area contributed by atoms with Crippen molar-refractivity contribution in [3.63, 3.8) is 0 Å². The van der Waals surface area contributed by atoms with Crippen molar-refractivity contribution in [3.05, 3.63) is 39.0 Å². The fourth-order valence-corrected chi connectivity index (χ4v) is 2.56. The van der Waals surface area contributed by atoms with Crippen LogP contribution in [0.5, 0.6) is 0 Å². The number of nitrogens with zero attached hydrogens (tertiary/aromatic N) is 1. The molecule has 3 heteroatoms. The highest BCUT2D eigenvalue weighted by atomic mass is 79.9. The minimum Gasteiger partial charge on any atom is -0.256 e. The van der Waals surface area contributed by atoms with Gasteiger partial charge in [-0.25, -0.2) is 0 Å². The standard InChI is InChI=1S/C14H15BrClN/c1-8-7-17-13-10(12(8)16)5-9(15)6-11(13)14(2,3)4/h5-7H,1-4H3. The summed E-state index contributed by atoms with van der Waals surface area (Å²) in [7, 11) is 0. The van der Waals surface area contributed by atoms with Crippen LogP contribution < -0.4 is 0 Å². The van der Waals surface area contributed by atoms with Crippen LogP contribution in [0.25, 0.3) is 10.9 Å². The summed E-state index contributed by atoms with van der Waals surface area (Å²) in [5.41, 5.74) is 3.27. The zero-order valence-electron chi connectivity index (χ0n) is 10.4. The van der Waals surface area contributed by atoms with E-state index in [-0.39, 0.29) is 5.41 Å². The first kappa shape index (κ1) is 12.8. The third-order valence-electron chi connectivity index (χ3n) is 2.85. The molecule has 0 saturated carbocycles. The monoisotopic (exact) mass is 311 g/mol. The highest BCUT2D eigenvalue weighted by Crippen LogP contribution is 2.35. The van der Waals surface area contributed by atoms with Crippen molar-refractivity contribution in [3.8, 4) is 0 Å². The second kappa shape index (κ2) is 4.25. The van der Waals surface area contributed by atoms with E-state index in [9.17, 15) is 0 Å². The fourth-order valence-electron chi connectivity index (χ4n) is 1.91. The molecule has 0 amide bonds. The molecule has 0 atom stereocenters. The number of benzene rings is 1. The van der Waals surface area contributed by atoms with E-state index in [4.69, 9.17) is 11.6 Å². The van der Waals surface area contributed by atoms with Crippen LogP contribution in [0.2, 0.25) is 5.02 Å². The molecule has 1 heterocycles. The van der Waals surface area contributed by atoms with Gasteiger partial charge in [0.1, 0.15) is 0 Å². The van der Waals surface area contributed by atoms with E-state index in [1.807, 2.05) is 19.2 Å². The van der Waals surface area contributed by atoms with E-state index in [0.29, 0.717) is 0 Å². The molecular formula is C14H15BrClN. The van der Waals surface area contributed by atoms with E-state index in [2.05, 4.69) is 47.8 Å². The average molecular weight is 313 g/mol. The second-order valence-electron chi connectivity index (χ2n) is 5.35. The summed E-state index contributed by atoms with van der Waals surface area (Å²) < 4.78 is 1.05. The Hall–Kier alpha value is -0.600. The van der Waals surface area contributed by atoms with Crippen molar-refractivity contribution < 1.29 is 0 Å². The summed E-state index contributed by atoms with van der Waals surface area (Å²) in [4.78, 5) is 4.54. The summed E-state index contributed by atoms with van der Waals surface area (Å²) in [6.45, 7) is 8.53. The number of fused-ring (bicyclic) bond motifs is 1. The quantitative estimate of drug-likeness (QED) is 0.647. The Labute approximate surface area is 115 Å². The van der Waals surface area contributed by atoms with Gasteiger partial charge in [-0.3, -0.25) is 4.98 Å². The molecule has 2 rings (SSSR count). The molecule has 0 unspecified atom stereocenters. The SMILES string of the molecule is Cc1cnc2c(C(C)(C)C)cc(Br)cc2c1Cl. The lowest BCUT2D eigenvalue weighted by Crippen LogP contribution is -2.12. The summed E-state index contributed by atoms with van der Waals surface area (Å²) in [6, 6.07) is 4.16. The third-order valence-corrected chi connectivity index (χ3v) is 3.81. The van der Waals surface area contributed by atoms with Gasteiger partial charge in [0, 0.05) is 16.1 Å². The van der Waals surface area contributed by atoms with Crippen LogP contribution >= 0.6 is 27.5 Å². The lowest BCUT2D eigenvalue weighted by Gasteiger charge is -2.21. The molecule has 0 spiro atoms. The number of hydrogen-bond acceptors (Lipinski definition) is 1. The molecule has 0 bridgehead atoms. The molecule has 1 nitrogen and oxygen atoms in total. The van der Waals surface area contributed by atoms with Crippen LogP contribution in [0, 0.1) is 6.92 Å². The normalized spacial score (nSPS) is 12.1. The van der Waals surface area contributed by atoms with E-state index in [0.717, 1.165) is 26.0 Å². The molecule has 0 aliphatic carbocycles. The van der Waals surface area contributed by atoms with Crippen LogP contribution in [0.3, 0.4) is 0 Å². The van der Waals surface area contributed by atoms with Gasteiger partial charge < -0.3 is 0 Å². The smallest absolute Gasteiger partial charge is 0.0755 e. The van der Waals surface area contributed by atoms with Gasteiger partial charge in [-0.2, -0.15) is 0 Å². The zero-order chi connectivity index (χ0) is 12.8. The van der Waals surface area contributed by atoms with Crippen molar-refractivity contribution in [1.82, 2.24) is 4.98 Å². The van der Waals surface area contributed by atoms with E-state index in [1.54, 1.807) is 0 Å². The van der Waals surface area contributed by atoms with Crippen molar-refractivity contribution in [2.75, 3.05) is 0 Å². The predicted octanol–water partition coefficient (Wildman–Crippen LogP) is 5.26. The Morgan fingerprint density at radius 3 is 2.47 bits per heavy atom. The molecule has 0 saturated heterocycles. The molecule has 0 radical (unpaired) electrons. The van der Waals surface area contributed by atoms with E-state index < -0.39 is 0 Å². The topological polar surface area (TPSA) is 12.9 Å². The number of rotatable bonds is 0. The zero-order valence-corrected chi connectivity index (χ0v) is 12.8. The number of aromatic nitrogens is 1. The molecular weight excluding hydrogens is 298 g/mol. The van der Waals surface area contributed by atoms with Crippen LogP contribution in [0.15, 0.2) is 22.8 Å².